The van der Waals surface area contributed by atoms with E-state index in [0.717, 1.165) is 38.5 Å². The number of pyridine rings is 1. The molecule has 5 heteroatoms. The molecule has 0 saturated carbocycles. The highest BCUT2D eigenvalue weighted by Gasteiger charge is 2.16. The van der Waals surface area contributed by atoms with E-state index < -0.39 is 5.91 Å². The van der Waals surface area contributed by atoms with E-state index >= 15 is 0 Å². The predicted octanol–water partition coefficient (Wildman–Crippen LogP) is 3.90. The molecule has 0 bridgehead atoms. The number of hydrogen-bond acceptors (Lipinski definition) is 4. The molecular weight excluding hydrogens is 306 g/mol. The van der Waals surface area contributed by atoms with Crippen LogP contribution in [-0.4, -0.2) is 15.9 Å². The van der Waals surface area contributed by atoms with Gasteiger partial charge in [0.2, 0.25) is 5.91 Å². The fourth-order valence-corrected chi connectivity index (χ4v) is 3.67. The zero-order valence-corrected chi connectivity index (χ0v) is 14.1. The van der Waals surface area contributed by atoms with Crippen LogP contribution in [-0.2, 0) is 0 Å². The highest BCUT2D eigenvalue weighted by atomic mass is 32.1. The van der Waals surface area contributed by atoms with Crippen LogP contribution >= 0.6 is 11.3 Å². The summed E-state index contributed by atoms with van der Waals surface area (Å²) < 4.78 is 0. The number of primary amides is 1. The van der Waals surface area contributed by atoms with Crippen molar-refractivity contribution in [2.45, 2.75) is 20.8 Å². The average molecular weight is 323 g/mol. The summed E-state index contributed by atoms with van der Waals surface area (Å²) in [5, 5.41) is 2.91. The lowest BCUT2D eigenvalue weighted by atomic mass is 9.97. The van der Waals surface area contributed by atoms with Gasteiger partial charge in [-0.05, 0) is 49.6 Å². The summed E-state index contributed by atoms with van der Waals surface area (Å²) >= 11 is 1.56. The van der Waals surface area contributed by atoms with Gasteiger partial charge in [-0.25, -0.2) is 4.98 Å². The second kappa shape index (κ2) is 5.93. The molecule has 0 aliphatic carbocycles. The first-order valence-corrected chi connectivity index (χ1v) is 8.14. The third kappa shape index (κ3) is 2.75. The van der Waals surface area contributed by atoms with Crippen molar-refractivity contribution in [2.75, 3.05) is 0 Å². The summed E-state index contributed by atoms with van der Waals surface area (Å²) in [6.07, 6.45) is 3.60. The number of thiazole rings is 1. The standard InChI is InChI=1S/C18H17N3OS/c1-10-6-7-20-8-14(10)15-9-23-18(21-15)16-11(2)4-5-13(12(16)3)17(19)22/h4-9H,1-3H3,(H2,19,22). The summed E-state index contributed by atoms with van der Waals surface area (Å²) in [6.45, 7) is 5.97. The third-order valence-corrected chi connectivity index (χ3v) is 4.83. The minimum absolute atomic E-state index is 0.413. The van der Waals surface area contributed by atoms with Crippen LogP contribution in [0.15, 0.2) is 36.0 Å². The number of nitrogens with two attached hydrogens (primary N) is 1. The van der Waals surface area contributed by atoms with Gasteiger partial charge in [0.15, 0.2) is 0 Å². The number of benzene rings is 1. The Morgan fingerprint density at radius 3 is 2.61 bits per heavy atom. The van der Waals surface area contributed by atoms with E-state index in [4.69, 9.17) is 10.7 Å². The number of carbonyl (C=O) groups excluding carboxylic acids is 1. The number of aromatic nitrogens is 2. The maximum absolute atomic E-state index is 11.6. The van der Waals surface area contributed by atoms with Crippen LogP contribution in [0, 0.1) is 20.8 Å². The molecule has 3 aromatic rings. The van der Waals surface area contributed by atoms with Crippen LogP contribution in [0.25, 0.3) is 21.8 Å². The topological polar surface area (TPSA) is 68.9 Å². The maximum atomic E-state index is 11.6. The minimum Gasteiger partial charge on any atom is -0.366 e. The zero-order chi connectivity index (χ0) is 16.6. The molecule has 1 aromatic carbocycles. The Morgan fingerprint density at radius 2 is 1.91 bits per heavy atom. The van der Waals surface area contributed by atoms with Gasteiger partial charge in [-0.2, -0.15) is 0 Å². The van der Waals surface area contributed by atoms with Crippen molar-refractivity contribution < 1.29 is 4.79 Å². The average Bonchev–Trinajstić information content (AvgIpc) is 2.96. The van der Waals surface area contributed by atoms with Crippen LogP contribution in [0.3, 0.4) is 0 Å². The molecule has 4 nitrogen and oxygen atoms in total. The molecule has 23 heavy (non-hydrogen) atoms. The Balaban J connectivity index is 2.13. The molecular formula is C18H17N3OS. The van der Waals surface area contributed by atoms with Gasteiger partial charge in [0.25, 0.3) is 0 Å². The summed E-state index contributed by atoms with van der Waals surface area (Å²) in [5.74, 6) is -0.413. The Kier molecular flexibility index (Phi) is 3.96. The van der Waals surface area contributed by atoms with Gasteiger partial charge in [0, 0.05) is 34.5 Å². The molecule has 0 spiro atoms. The number of nitrogens with zero attached hydrogens (tertiary/aromatic N) is 2. The van der Waals surface area contributed by atoms with Crippen molar-refractivity contribution in [1.29, 1.82) is 0 Å². The molecule has 2 aromatic heterocycles. The maximum Gasteiger partial charge on any atom is 0.248 e. The SMILES string of the molecule is Cc1ccncc1-c1csc(-c2c(C)ccc(C(N)=O)c2C)n1. The number of carbonyl (C=O) groups is 1. The molecule has 0 fully saturated rings. The smallest absolute Gasteiger partial charge is 0.248 e. The molecule has 2 N–H and O–H groups in total. The van der Waals surface area contributed by atoms with Crippen LogP contribution in [0.4, 0.5) is 0 Å². The van der Waals surface area contributed by atoms with E-state index in [-0.39, 0.29) is 0 Å². The Morgan fingerprint density at radius 1 is 1.13 bits per heavy atom. The van der Waals surface area contributed by atoms with Crippen LogP contribution in [0.2, 0.25) is 0 Å². The number of amides is 1. The van der Waals surface area contributed by atoms with Crippen LogP contribution in [0.5, 0.6) is 0 Å². The number of aryl methyl sites for hydroxylation is 2. The molecule has 0 aliphatic rings. The first-order valence-electron chi connectivity index (χ1n) is 7.26. The van der Waals surface area contributed by atoms with E-state index in [1.165, 1.54) is 0 Å². The summed E-state index contributed by atoms with van der Waals surface area (Å²) in [7, 11) is 0. The molecule has 0 radical (unpaired) electrons. The van der Waals surface area contributed by atoms with Crippen molar-refractivity contribution in [1.82, 2.24) is 9.97 Å². The van der Waals surface area contributed by atoms with Gasteiger partial charge in [0.05, 0.1) is 5.69 Å². The quantitative estimate of drug-likeness (QED) is 0.795. The first-order chi connectivity index (χ1) is 11.0. The van der Waals surface area contributed by atoms with Gasteiger partial charge in [-0.1, -0.05) is 6.07 Å². The normalized spacial score (nSPS) is 10.7. The molecule has 116 valence electrons. The van der Waals surface area contributed by atoms with Gasteiger partial charge in [-0.3, -0.25) is 9.78 Å². The Hall–Kier alpha value is -2.53. The highest BCUT2D eigenvalue weighted by molar-refractivity contribution is 7.13. The van der Waals surface area contributed by atoms with E-state index in [0.29, 0.717) is 5.56 Å². The van der Waals surface area contributed by atoms with E-state index in [1.54, 1.807) is 23.6 Å². The van der Waals surface area contributed by atoms with Gasteiger partial charge in [0.1, 0.15) is 5.01 Å². The second-order valence-corrected chi connectivity index (χ2v) is 6.38. The molecule has 0 atom stereocenters. The molecule has 1 amide bonds. The number of hydrogen-bond donors (Lipinski definition) is 1. The van der Waals surface area contributed by atoms with Gasteiger partial charge >= 0.3 is 0 Å². The fourth-order valence-electron chi connectivity index (χ4n) is 2.69. The van der Waals surface area contributed by atoms with Crippen molar-refractivity contribution in [3.63, 3.8) is 0 Å². The van der Waals surface area contributed by atoms with Gasteiger partial charge < -0.3 is 5.73 Å². The van der Waals surface area contributed by atoms with Crippen molar-refractivity contribution in [3.05, 3.63) is 58.2 Å². The predicted molar refractivity (Wildman–Crippen MR) is 93.5 cm³/mol. The summed E-state index contributed by atoms with van der Waals surface area (Å²) in [4.78, 5) is 20.5. The molecule has 3 rings (SSSR count). The van der Waals surface area contributed by atoms with Crippen molar-refractivity contribution in [2.24, 2.45) is 5.73 Å². The molecule has 0 saturated heterocycles. The first kappa shape index (κ1) is 15.4. The van der Waals surface area contributed by atoms with E-state index in [9.17, 15) is 4.79 Å². The van der Waals surface area contributed by atoms with Crippen LogP contribution < -0.4 is 5.73 Å². The Bertz CT molecular complexity index is 899. The lowest BCUT2D eigenvalue weighted by Gasteiger charge is -2.10. The Labute approximate surface area is 139 Å². The molecule has 0 aliphatic heterocycles. The molecule has 0 unspecified atom stereocenters. The monoisotopic (exact) mass is 323 g/mol. The summed E-state index contributed by atoms with van der Waals surface area (Å²) in [5.41, 5.74) is 12.0. The lowest BCUT2D eigenvalue weighted by Crippen LogP contribution is -2.13. The van der Waals surface area contributed by atoms with Crippen LogP contribution in [0.1, 0.15) is 27.0 Å². The number of rotatable bonds is 3. The third-order valence-electron chi connectivity index (χ3n) is 3.97. The fraction of sp³-hybridized carbons (Fsp3) is 0.167. The second-order valence-electron chi connectivity index (χ2n) is 5.52. The minimum atomic E-state index is -0.413. The molecule has 2 heterocycles. The van der Waals surface area contributed by atoms with Gasteiger partial charge in [-0.15, -0.1) is 11.3 Å². The lowest BCUT2D eigenvalue weighted by molar-refractivity contribution is 0.1000. The highest BCUT2D eigenvalue weighted by Crippen LogP contribution is 2.34. The zero-order valence-electron chi connectivity index (χ0n) is 13.3. The largest absolute Gasteiger partial charge is 0.366 e. The van der Waals surface area contributed by atoms with Crippen molar-refractivity contribution >= 4 is 17.2 Å². The van der Waals surface area contributed by atoms with E-state index in [2.05, 4.69) is 4.98 Å². The summed E-state index contributed by atoms with van der Waals surface area (Å²) in [6, 6.07) is 5.66. The van der Waals surface area contributed by atoms with Crippen molar-refractivity contribution in [3.8, 4) is 21.8 Å². The van der Waals surface area contributed by atoms with E-state index in [1.807, 2.05) is 44.5 Å².